The van der Waals surface area contributed by atoms with Gasteiger partial charge in [-0.05, 0) is 19.1 Å². The lowest BCUT2D eigenvalue weighted by molar-refractivity contribution is -0.385. The molecule has 5 rings (SSSR count). The minimum Gasteiger partial charge on any atom is -0.467 e. The molecule has 35 heavy (non-hydrogen) atoms. The van der Waals surface area contributed by atoms with Crippen LogP contribution in [0.4, 0.5) is 5.69 Å². The van der Waals surface area contributed by atoms with Gasteiger partial charge in [0.1, 0.15) is 23.7 Å². The van der Waals surface area contributed by atoms with Crippen LogP contribution in [0.15, 0.2) is 69.9 Å². The number of fused-ring (bicyclic) bond motifs is 2. The highest BCUT2D eigenvalue weighted by atomic mass is 16.7. The first-order valence-electron chi connectivity index (χ1n) is 10.7. The molecule has 0 atom stereocenters. The summed E-state index contributed by atoms with van der Waals surface area (Å²) in [4.78, 5) is 36.9. The molecule has 1 aliphatic heterocycles. The van der Waals surface area contributed by atoms with Crippen molar-refractivity contribution in [1.82, 2.24) is 0 Å². The first-order valence-corrected chi connectivity index (χ1v) is 10.7. The molecule has 3 aromatic carbocycles. The van der Waals surface area contributed by atoms with Gasteiger partial charge >= 0.3 is 5.97 Å². The van der Waals surface area contributed by atoms with Crippen molar-refractivity contribution in [3.05, 3.63) is 103 Å². The van der Waals surface area contributed by atoms with Crippen molar-refractivity contribution in [1.29, 1.82) is 0 Å². The number of hydrogen-bond acceptors (Lipinski definition) is 8. The van der Waals surface area contributed by atoms with Crippen LogP contribution in [0.2, 0.25) is 0 Å². The van der Waals surface area contributed by atoms with Gasteiger partial charge in [0.2, 0.25) is 0 Å². The molecule has 0 aliphatic carbocycles. The summed E-state index contributed by atoms with van der Waals surface area (Å²) in [7, 11) is 0. The van der Waals surface area contributed by atoms with Gasteiger partial charge in [0.25, 0.3) is 5.69 Å². The van der Waals surface area contributed by atoms with Crippen molar-refractivity contribution in [2.45, 2.75) is 20.1 Å². The number of ether oxygens (including phenoxy) is 3. The van der Waals surface area contributed by atoms with E-state index in [9.17, 15) is 19.7 Å². The van der Waals surface area contributed by atoms with Crippen LogP contribution in [0.3, 0.4) is 0 Å². The molecule has 176 valence electrons. The number of non-ortho nitro benzene ring substituents is 1. The second-order valence-electron chi connectivity index (χ2n) is 7.97. The number of benzene rings is 3. The van der Waals surface area contributed by atoms with E-state index in [-0.39, 0.29) is 47.7 Å². The van der Waals surface area contributed by atoms with Crippen molar-refractivity contribution in [3.63, 3.8) is 0 Å². The zero-order valence-corrected chi connectivity index (χ0v) is 18.6. The number of carbonyl (C=O) groups is 1. The lowest BCUT2D eigenvalue weighted by Crippen LogP contribution is -2.15. The minimum absolute atomic E-state index is 0.0121. The van der Waals surface area contributed by atoms with Gasteiger partial charge in [-0.15, -0.1) is 0 Å². The van der Waals surface area contributed by atoms with E-state index in [0.717, 1.165) is 0 Å². The van der Waals surface area contributed by atoms with E-state index in [2.05, 4.69) is 0 Å². The maximum absolute atomic E-state index is 13.1. The van der Waals surface area contributed by atoms with Gasteiger partial charge in [-0.3, -0.25) is 14.9 Å². The number of esters is 1. The van der Waals surface area contributed by atoms with Crippen LogP contribution < -0.4 is 10.2 Å². The topological polar surface area (TPSA) is 118 Å². The van der Waals surface area contributed by atoms with Gasteiger partial charge in [0, 0.05) is 34.4 Å². The summed E-state index contributed by atoms with van der Waals surface area (Å²) >= 11 is 0. The molecule has 9 nitrogen and oxygen atoms in total. The standard InChI is InChI=1S/C26H19NO8/c1-15-22(28)20-8-5-9-21(25(20)35-23(15)16-6-3-2-4-7-16)26(29)33-13-18-11-19(27(30)31)10-17-12-32-14-34-24(17)18/h2-11H,12-14H2,1H3. The summed E-state index contributed by atoms with van der Waals surface area (Å²) in [6, 6.07) is 16.5. The largest absolute Gasteiger partial charge is 0.467 e. The Morgan fingerprint density at radius 2 is 1.91 bits per heavy atom. The highest BCUT2D eigenvalue weighted by molar-refractivity contribution is 6.02. The molecule has 1 aliphatic rings. The number of hydrogen-bond donors (Lipinski definition) is 0. The SMILES string of the molecule is Cc1c(-c2ccccc2)oc2c(C(=O)OCc3cc([N+](=O)[O-])cc4c3OCOC4)cccc2c1=O. The average molecular weight is 473 g/mol. The Labute approximate surface area is 198 Å². The first kappa shape index (κ1) is 22.3. The van der Waals surface area contributed by atoms with Gasteiger partial charge in [-0.1, -0.05) is 36.4 Å². The zero-order valence-electron chi connectivity index (χ0n) is 18.6. The number of nitrogens with zero attached hydrogens (tertiary/aromatic N) is 1. The number of carbonyl (C=O) groups excluding carboxylic acids is 1. The summed E-state index contributed by atoms with van der Waals surface area (Å²) < 4.78 is 22.3. The van der Waals surface area contributed by atoms with Crippen LogP contribution in [0.1, 0.15) is 27.0 Å². The zero-order chi connectivity index (χ0) is 24.5. The minimum atomic E-state index is -0.742. The van der Waals surface area contributed by atoms with E-state index in [1.54, 1.807) is 19.1 Å². The molecule has 0 radical (unpaired) electrons. The Morgan fingerprint density at radius 1 is 1.11 bits per heavy atom. The third-order valence-electron chi connectivity index (χ3n) is 5.74. The van der Waals surface area contributed by atoms with Gasteiger partial charge < -0.3 is 18.6 Å². The smallest absolute Gasteiger partial charge is 0.342 e. The lowest BCUT2D eigenvalue weighted by atomic mass is 10.0. The normalized spacial score (nSPS) is 12.6. The molecular weight excluding hydrogens is 454 g/mol. The van der Waals surface area contributed by atoms with Gasteiger partial charge in [0.05, 0.1) is 16.9 Å². The van der Waals surface area contributed by atoms with E-state index in [1.807, 2.05) is 30.3 Å². The second kappa shape index (κ2) is 9.03. The molecule has 2 heterocycles. The quantitative estimate of drug-likeness (QED) is 0.228. The van der Waals surface area contributed by atoms with Crippen LogP contribution in [0.5, 0.6) is 5.75 Å². The van der Waals surface area contributed by atoms with Crippen molar-refractivity contribution >= 4 is 22.6 Å². The summed E-state index contributed by atoms with van der Waals surface area (Å²) in [5.74, 6) is 0.0134. The molecule has 0 bridgehead atoms. The fourth-order valence-electron chi connectivity index (χ4n) is 4.05. The van der Waals surface area contributed by atoms with Crippen molar-refractivity contribution in [2.24, 2.45) is 0 Å². The molecule has 0 amide bonds. The molecule has 9 heteroatoms. The first-order chi connectivity index (χ1) is 16.9. The molecule has 0 N–H and O–H groups in total. The Bertz CT molecular complexity index is 1520. The maximum Gasteiger partial charge on any atom is 0.342 e. The molecule has 0 unspecified atom stereocenters. The van der Waals surface area contributed by atoms with Crippen molar-refractivity contribution < 1.29 is 28.3 Å². The lowest BCUT2D eigenvalue weighted by Gasteiger charge is -2.20. The summed E-state index contributed by atoms with van der Waals surface area (Å²) in [6.45, 7) is 1.53. The molecule has 0 fully saturated rings. The molecule has 0 saturated heterocycles. The van der Waals surface area contributed by atoms with E-state index >= 15 is 0 Å². The fraction of sp³-hybridized carbons (Fsp3) is 0.154. The predicted molar refractivity (Wildman–Crippen MR) is 125 cm³/mol. The van der Waals surface area contributed by atoms with E-state index in [4.69, 9.17) is 18.6 Å². The van der Waals surface area contributed by atoms with Gasteiger partial charge in [-0.2, -0.15) is 0 Å². The Morgan fingerprint density at radius 3 is 2.69 bits per heavy atom. The summed E-state index contributed by atoms with van der Waals surface area (Å²) in [5, 5.41) is 11.6. The van der Waals surface area contributed by atoms with Crippen LogP contribution in [0.25, 0.3) is 22.3 Å². The highest BCUT2D eigenvalue weighted by Crippen LogP contribution is 2.33. The van der Waals surface area contributed by atoms with Gasteiger partial charge in [0.15, 0.2) is 17.8 Å². The van der Waals surface area contributed by atoms with Crippen LogP contribution in [0, 0.1) is 17.0 Å². The predicted octanol–water partition coefficient (Wildman–Crippen LogP) is 4.90. The Balaban J connectivity index is 1.52. The number of nitro groups is 1. The Kier molecular flexibility index (Phi) is 5.76. The Hall–Kier alpha value is -4.50. The van der Waals surface area contributed by atoms with Crippen LogP contribution >= 0.6 is 0 Å². The van der Waals surface area contributed by atoms with Gasteiger partial charge in [-0.25, -0.2) is 4.79 Å². The van der Waals surface area contributed by atoms with E-state index in [0.29, 0.717) is 33.8 Å². The maximum atomic E-state index is 13.1. The third-order valence-corrected chi connectivity index (χ3v) is 5.74. The second-order valence-corrected chi connectivity index (χ2v) is 7.97. The molecule has 0 spiro atoms. The number of rotatable bonds is 5. The highest BCUT2D eigenvalue weighted by Gasteiger charge is 2.23. The molecular formula is C26H19NO8. The summed E-state index contributed by atoms with van der Waals surface area (Å²) in [6.07, 6.45) is 0. The molecule has 1 aromatic heterocycles. The van der Waals surface area contributed by atoms with E-state index < -0.39 is 10.9 Å². The fourth-order valence-corrected chi connectivity index (χ4v) is 4.05. The molecule has 4 aromatic rings. The van der Waals surface area contributed by atoms with Crippen LogP contribution in [-0.2, 0) is 22.7 Å². The van der Waals surface area contributed by atoms with Crippen LogP contribution in [-0.4, -0.2) is 17.7 Å². The van der Waals surface area contributed by atoms with Crippen molar-refractivity contribution in [2.75, 3.05) is 6.79 Å². The average Bonchev–Trinajstić information content (AvgIpc) is 2.89. The number of para-hydroxylation sites is 1. The van der Waals surface area contributed by atoms with E-state index in [1.165, 1.54) is 18.2 Å². The monoisotopic (exact) mass is 473 g/mol. The molecule has 0 saturated carbocycles. The van der Waals surface area contributed by atoms with Crippen molar-refractivity contribution in [3.8, 4) is 17.1 Å². The number of nitro benzene ring substituents is 1. The summed E-state index contributed by atoms with van der Waals surface area (Å²) in [5.41, 5.74) is 1.73. The third kappa shape index (κ3) is 4.13.